The number of carbonyl (C=O) groups excluding carboxylic acids is 2. The fraction of sp³-hybridized carbons (Fsp3) is 0.481. The maximum atomic E-state index is 13.9. The van der Waals surface area contributed by atoms with Gasteiger partial charge >= 0.3 is 23.9 Å². The van der Waals surface area contributed by atoms with Crippen molar-refractivity contribution in [1.82, 2.24) is 49.9 Å². The predicted octanol–water partition coefficient (Wildman–Crippen LogP) is 2.46. The number of carbonyl (C=O) groups is 6. The highest BCUT2D eigenvalue weighted by Crippen LogP contribution is 2.38. The average Bonchev–Trinajstić information content (AvgIpc) is 3.81. The Hall–Kier alpha value is -7.25. The SMILES string of the molecule is CC(=O)N1CCC(Cc2ccc(-n3c(C(=O)NCCNC(=S)Nc4ccc(CC5CN(CC(=O)O)CCN(CC(=O)O)CCN(CC(=O)O)CCN5CC(=O)O)cc4)nnc3-c3cc(C(C)C)c(O)cc3O)cc2)CC1. The first-order chi connectivity index (χ1) is 36.2. The second-order valence-corrected chi connectivity index (χ2v) is 20.0. The Labute approximate surface area is 446 Å². The smallest absolute Gasteiger partial charge is 0.317 e. The van der Waals surface area contributed by atoms with Crippen LogP contribution in [0, 0.1) is 5.92 Å². The standard InChI is InChI=1S/C52H69N11O12S/c1-33(2)41-26-42(44(66)27-43(41)65)49-56-57-50(63(49)39-10-6-35(7-11-39)24-37-12-16-61(17-13-37)34(3)64)51(75)53-14-15-54-52(76)55-38-8-4-36(5-9-38)25-40-28-60(31-47(71)72)21-20-58(29-45(67)68)18-19-59(30-46(69)70)22-23-62(40)32-48(73)74/h4-11,26-27,33,37,40,65-66H,12-25,28-32H2,1-3H3,(H,53,75)(H,67,68)(H,69,70)(H,71,72)(H,73,74)(H2,54,55,76). The number of aromatic hydroxyl groups is 2. The van der Waals surface area contributed by atoms with E-state index in [2.05, 4.69) is 26.1 Å². The third-order valence-electron chi connectivity index (χ3n) is 13.6. The van der Waals surface area contributed by atoms with Crippen LogP contribution in [0.15, 0.2) is 60.7 Å². The number of hydrogen-bond donors (Lipinski definition) is 9. The van der Waals surface area contributed by atoms with Crippen LogP contribution in [0.1, 0.15) is 66.8 Å². The van der Waals surface area contributed by atoms with Gasteiger partial charge in [-0.1, -0.05) is 38.1 Å². The number of aliphatic carboxylic acids is 4. The van der Waals surface area contributed by atoms with E-state index in [0.717, 1.165) is 43.5 Å². The van der Waals surface area contributed by atoms with Crippen LogP contribution >= 0.6 is 12.2 Å². The molecule has 6 rings (SSSR count). The number of rotatable bonds is 20. The molecule has 0 aliphatic carbocycles. The summed E-state index contributed by atoms with van der Waals surface area (Å²) in [7, 11) is 0. The van der Waals surface area contributed by atoms with Gasteiger partial charge in [0, 0.05) is 102 Å². The Morgan fingerprint density at radius 2 is 1.20 bits per heavy atom. The number of anilines is 1. The van der Waals surface area contributed by atoms with Gasteiger partial charge in [-0.15, -0.1) is 10.2 Å². The van der Waals surface area contributed by atoms with Gasteiger partial charge in [0.25, 0.3) is 5.91 Å². The number of benzene rings is 3. The molecule has 23 nitrogen and oxygen atoms in total. The van der Waals surface area contributed by atoms with E-state index in [1.54, 1.807) is 49.3 Å². The summed E-state index contributed by atoms with van der Waals surface area (Å²) in [6.07, 6.45) is 2.93. The van der Waals surface area contributed by atoms with E-state index < -0.39 is 35.8 Å². The van der Waals surface area contributed by atoms with Gasteiger partial charge in [-0.3, -0.25) is 52.9 Å². The molecule has 3 aromatic carbocycles. The summed E-state index contributed by atoms with van der Waals surface area (Å²) in [5.74, 6) is -4.68. The molecule has 4 aromatic rings. The lowest BCUT2D eigenvalue weighted by atomic mass is 9.90. The second kappa shape index (κ2) is 27.5. The fourth-order valence-corrected chi connectivity index (χ4v) is 9.83. The van der Waals surface area contributed by atoms with Crippen molar-refractivity contribution in [2.75, 3.05) is 103 Å². The van der Waals surface area contributed by atoms with Crippen molar-refractivity contribution in [2.24, 2.45) is 5.92 Å². The van der Waals surface area contributed by atoms with Crippen LogP contribution in [-0.4, -0.2) is 215 Å². The summed E-state index contributed by atoms with van der Waals surface area (Å²) in [4.78, 5) is 81.9. The Morgan fingerprint density at radius 3 is 1.78 bits per heavy atom. The van der Waals surface area contributed by atoms with Crippen LogP contribution in [0.4, 0.5) is 5.69 Å². The molecule has 2 aliphatic heterocycles. The topological polar surface area (TPSA) is 307 Å². The van der Waals surface area contributed by atoms with Crippen molar-refractivity contribution in [2.45, 2.75) is 58.4 Å². The van der Waals surface area contributed by atoms with Crippen molar-refractivity contribution >= 4 is 58.7 Å². The predicted molar refractivity (Wildman–Crippen MR) is 285 cm³/mol. The number of phenols is 2. The van der Waals surface area contributed by atoms with Gasteiger partial charge in [0.05, 0.1) is 31.7 Å². The first kappa shape index (κ1) is 58.0. The van der Waals surface area contributed by atoms with Crippen molar-refractivity contribution in [3.8, 4) is 28.6 Å². The van der Waals surface area contributed by atoms with Crippen molar-refractivity contribution in [3.63, 3.8) is 0 Å². The zero-order valence-electron chi connectivity index (χ0n) is 43.1. The zero-order valence-corrected chi connectivity index (χ0v) is 43.9. The minimum Gasteiger partial charge on any atom is -0.508 e. The summed E-state index contributed by atoms with van der Waals surface area (Å²) in [6.45, 7) is 6.98. The van der Waals surface area contributed by atoms with Gasteiger partial charge in [0.15, 0.2) is 10.9 Å². The zero-order chi connectivity index (χ0) is 55.1. The highest BCUT2D eigenvalue weighted by molar-refractivity contribution is 7.80. The van der Waals surface area contributed by atoms with Crippen LogP contribution in [0.2, 0.25) is 0 Å². The third kappa shape index (κ3) is 17.1. The van der Waals surface area contributed by atoms with Crippen LogP contribution in [0.5, 0.6) is 11.5 Å². The quantitative estimate of drug-likeness (QED) is 0.0454. The summed E-state index contributed by atoms with van der Waals surface area (Å²) in [6, 6.07) is 17.3. The number of piperidine rings is 1. The molecular formula is C52H69N11O12S. The number of phenolic OH excluding ortho intramolecular Hbond substituents is 2. The molecule has 2 saturated heterocycles. The first-order valence-corrected chi connectivity index (χ1v) is 25.7. The molecule has 0 radical (unpaired) electrons. The van der Waals surface area contributed by atoms with E-state index in [1.807, 2.05) is 55.1 Å². The normalized spacial score (nSPS) is 16.8. The Bertz CT molecular complexity index is 2680. The first-order valence-electron chi connectivity index (χ1n) is 25.3. The number of hydrogen-bond acceptors (Lipinski definition) is 15. The molecule has 410 valence electrons. The number of nitrogens with one attached hydrogen (secondary N) is 3. The molecule has 2 fully saturated rings. The van der Waals surface area contributed by atoms with Crippen LogP contribution in [0.25, 0.3) is 17.1 Å². The largest absolute Gasteiger partial charge is 0.508 e. The second-order valence-electron chi connectivity index (χ2n) is 19.6. The van der Waals surface area contributed by atoms with Gasteiger partial charge in [0.2, 0.25) is 11.7 Å². The number of nitrogens with zero attached hydrogens (tertiary/aromatic N) is 8. The van der Waals surface area contributed by atoms with Gasteiger partial charge in [0.1, 0.15) is 11.5 Å². The minimum atomic E-state index is -1.11. The summed E-state index contributed by atoms with van der Waals surface area (Å²) in [5, 5.41) is 78.6. The van der Waals surface area contributed by atoms with Crippen LogP contribution in [-0.2, 0) is 36.8 Å². The molecule has 0 spiro atoms. The molecule has 24 heteroatoms. The summed E-state index contributed by atoms with van der Waals surface area (Å²) < 4.78 is 1.56. The molecule has 0 bridgehead atoms. The lowest BCUT2D eigenvalue weighted by Crippen LogP contribution is -2.53. The van der Waals surface area contributed by atoms with Gasteiger partial charge in [-0.05, 0) is 96.8 Å². The van der Waals surface area contributed by atoms with Gasteiger partial charge in [-0.25, -0.2) is 0 Å². The molecule has 76 heavy (non-hydrogen) atoms. The fourth-order valence-electron chi connectivity index (χ4n) is 9.61. The van der Waals surface area contributed by atoms with Crippen molar-refractivity contribution in [3.05, 3.63) is 83.2 Å². The van der Waals surface area contributed by atoms with Gasteiger partial charge in [-0.2, -0.15) is 0 Å². The van der Waals surface area contributed by atoms with Crippen molar-refractivity contribution < 1.29 is 59.4 Å². The van der Waals surface area contributed by atoms with Crippen LogP contribution < -0.4 is 16.0 Å². The van der Waals surface area contributed by atoms with Crippen molar-refractivity contribution in [1.29, 1.82) is 0 Å². The number of amides is 2. The van der Waals surface area contributed by atoms with E-state index >= 15 is 0 Å². The maximum Gasteiger partial charge on any atom is 0.317 e. The van der Waals surface area contributed by atoms with E-state index in [0.29, 0.717) is 29.3 Å². The molecule has 1 atom stereocenters. The third-order valence-corrected chi connectivity index (χ3v) is 13.8. The monoisotopic (exact) mass is 1070 g/mol. The number of carboxylic acid groups (broad SMARTS) is 4. The molecule has 0 saturated carbocycles. The van der Waals surface area contributed by atoms with E-state index in [-0.39, 0.29) is 131 Å². The van der Waals surface area contributed by atoms with E-state index in [9.17, 15) is 59.4 Å². The average molecular weight is 1070 g/mol. The molecule has 2 aliphatic rings. The molecule has 1 unspecified atom stereocenters. The minimum absolute atomic E-state index is 0.0432. The highest BCUT2D eigenvalue weighted by Gasteiger charge is 2.29. The number of carboxylic acids is 4. The van der Waals surface area contributed by atoms with Crippen LogP contribution in [0.3, 0.4) is 0 Å². The lowest BCUT2D eigenvalue weighted by Gasteiger charge is -2.37. The molecule has 1 aromatic heterocycles. The number of thiocarbonyl (C=S) groups is 1. The Kier molecular flexibility index (Phi) is 21.0. The molecule has 3 heterocycles. The maximum absolute atomic E-state index is 13.9. The Balaban J connectivity index is 1.11. The number of likely N-dealkylation sites (tertiary alicyclic amines) is 1. The molecule has 2 amide bonds. The molecular weight excluding hydrogens is 1000 g/mol. The van der Waals surface area contributed by atoms with E-state index in [1.165, 1.54) is 6.07 Å². The summed E-state index contributed by atoms with van der Waals surface area (Å²) >= 11 is 5.57. The lowest BCUT2D eigenvalue weighted by molar-refractivity contribution is -0.142. The van der Waals surface area contributed by atoms with E-state index in [4.69, 9.17) is 12.2 Å². The highest BCUT2D eigenvalue weighted by atomic mass is 32.1. The van der Waals surface area contributed by atoms with Gasteiger partial charge < -0.3 is 51.5 Å². The molecule has 9 N–H and O–H groups in total. The summed E-state index contributed by atoms with van der Waals surface area (Å²) in [5.41, 5.74) is 3.92. The Morgan fingerprint density at radius 1 is 0.658 bits per heavy atom. The number of aromatic nitrogens is 3.